The molecule has 0 radical (unpaired) electrons. The maximum atomic E-state index is 11.8. The molecule has 1 N–H and O–H groups in total. The molecule has 18 heavy (non-hydrogen) atoms. The number of halogens is 1. The lowest BCUT2D eigenvalue weighted by Crippen LogP contribution is -2.26. The molecule has 1 amide bonds. The summed E-state index contributed by atoms with van der Waals surface area (Å²) < 4.78 is 4.80. The fourth-order valence-corrected chi connectivity index (χ4v) is 1.66. The fraction of sp³-hybridized carbons (Fsp3) is 0.250. The van der Waals surface area contributed by atoms with Gasteiger partial charge in [0.2, 0.25) is 11.8 Å². The zero-order valence-corrected chi connectivity index (χ0v) is 10.5. The van der Waals surface area contributed by atoms with Crippen molar-refractivity contribution in [3.8, 4) is 0 Å². The molecular formula is C12H12ClN3O2. The number of amides is 1. The molecule has 0 bridgehead atoms. The van der Waals surface area contributed by atoms with E-state index >= 15 is 0 Å². The van der Waals surface area contributed by atoms with Gasteiger partial charge in [0.15, 0.2) is 5.82 Å². The van der Waals surface area contributed by atoms with E-state index in [1.165, 1.54) is 0 Å². The third kappa shape index (κ3) is 3.07. The van der Waals surface area contributed by atoms with Crippen molar-refractivity contribution in [1.29, 1.82) is 0 Å². The Balaban J connectivity index is 1.92. The fourth-order valence-electron chi connectivity index (χ4n) is 1.44. The van der Waals surface area contributed by atoms with Crippen molar-refractivity contribution in [2.75, 3.05) is 0 Å². The third-order valence-electron chi connectivity index (χ3n) is 2.31. The summed E-state index contributed by atoms with van der Waals surface area (Å²) in [4.78, 5) is 15.8. The highest BCUT2D eigenvalue weighted by Gasteiger charge is 2.17. The average Bonchev–Trinajstić information content (AvgIpc) is 2.82. The number of aromatic nitrogens is 2. The minimum Gasteiger partial charge on any atom is -0.347 e. The Morgan fingerprint density at radius 1 is 1.44 bits per heavy atom. The minimum absolute atomic E-state index is 0.201. The van der Waals surface area contributed by atoms with E-state index in [4.69, 9.17) is 16.1 Å². The topological polar surface area (TPSA) is 68.0 Å². The van der Waals surface area contributed by atoms with Crippen LogP contribution in [0.3, 0.4) is 0 Å². The van der Waals surface area contributed by atoms with Gasteiger partial charge in [0.05, 0.1) is 6.54 Å². The van der Waals surface area contributed by atoms with Crippen molar-refractivity contribution in [2.45, 2.75) is 18.8 Å². The first-order chi connectivity index (χ1) is 8.66. The summed E-state index contributed by atoms with van der Waals surface area (Å²) >= 11 is 6.05. The summed E-state index contributed by atoms with van der Waals surface area (Å²) in [5.74, 6) is 0.604. The van der Waals surface area contributed by atoms with Crippen LogP contribution in [0, 0.1) is 6.92 Å². The van der Waals surface area contributed by atoms with Crippen LogP contribution in [0.15, 0.2) is 34.9 Å². The lowest BCUT2D eigenvalue weighted by Gasteiger charge is -2.09. The van der Waals surface area contributed by atoms with Crippen LogP contribution in [-0.2, 0) is 11.3 Å². The van der Waals surface area contributed by atoms with Crippen LogP contribution in [0.25, 0.3) is 0 Å². The number of carbonyl (C=O) groups is 1. The Bertz CT molecular complexity index is 527. The van der Waals surface area contributed by atoms with Gasteiger partial charge in [-0.2, -0.15) is 4.98 Å². The van der Waals surface area contributed by atoms with Crippen LogP contribution in [0.1, 0.15) is 22.7 Å². The van der Waals surface area contributed by atoms with E-state index in [1.807, 2.05) is 18.2 Å². The number of nitrogens with one attached hydrogen (secondary N) is 1. The van der Waals surface area contributed by atoms with E-state index in [-0.39, 0.29) is 12.5 Å². The lowest BCUT2D eigenvalue weighted by molar-refractivity contribution is -0.121. The quantitative estimate of drug-likeness (QED) is 0.859. The molecule has 1 aromatic carbocycles. The van der Waals surface area contributed by atoms with Gasteiger partial charge in [0.25, 0.3) is 0 Å². The first-order valence-electron chi connectivity index (χ1n) is 5.43. The van der Waals surface area contributed by atoms with Gasteiger partial charge in [-0.3, -0.25) is 4.79 Å². The third-order valence-corrected chi connectivity index (χ3v) is 2.76. The largest absolute Gasteiger partial charge is 0.347 e. The predicted octanol–water partition coefficient (Wildman–Crippen LogP) is 1.97. The van der Waals surface area contributed by atoms with Crippen LogP contribution >= 0.6 is 11.6 Å². The van der Waals surface area contributed by atoms with E-state index in [1.54, 1.807) is 19.1 Å². The second-order valence-electron chi connectivity index (χ2n) is 3.72. The van der Waals surface area contributed by atoms with E-state index in [9.17, 15) is 4.79 Å². The SMILES string of the molecule is Cc1nc(CNC(=O)C(Cl)c2ccccc2)no1. The van der Waals surface area contributed by atoms with Crippen LogP contribution < -0.4 is 5.32 Å². The molecule has 0 aliphatic heterocycles. The Labute approximate surface area is 109 Å². The van der Waals surface area contributed by atoms with Crippen LogP contribution in [0.5, 0.6) is 0 Å². The zero-order chi connectivity index (χ0) is 13.0. The Kier molecular flexibility index (Phi) is 3.94. The maximum absolute atomic E-state index is 11.8. The molecule has 1 aromatic heterocycles. The number of alkyl halides is 1. The van der Waals surface area contributed by atoms with Crippen LogP contribution in [-0.4, -0.2) is 16.0 Å². The molecule has 94 valence electrons. The predicted molar refractivity (Wildman–Crippen MR) is 65.9 cm³/mol. The molecule has 0 saturated carbocycles. The van der Waals surface area contributed by atoms with Crippen LogP contribution in [0.4, 0.5) is 0 Å². The van der Waals surface area contributed by atoms with E-state index in [0.29, 0.717) is 11.7 Å². The summed E-state index contributed by atoms with van der Waals surface area (Å²) in [5.41, 5.74) is 0.751. The van der Waals surface area contributed by atoms with Crippen molar-refractivity contribution in [2.24, 2.45) is 0 Å². The standard InChI is InChI=1S/C12H12ClN3O2/c1-8-15-10(16-18-8)7-14-12(17)11(13)9-5-3-2-4-6-9/h2-6,11H,7H2,1H3,(H,14,17). The Hall–Kier alpha value is -1.88. The summed E-state index contributed by atoms with van der Waals surface area (Å²) in [6.45, 7) is 1.89. The summed E-state index contributed by atoms with van der Waals surface area (Å²) in [6, 6.07) is 9.14. The molecule has 6 heteroatoms. The first-order valence-corrected chi connectivity index (χ1v) is 5.86. The molecule has 0 saturated heterocycles. The average molecular weight is 266 g/mol. The van der Waals surface area contributed by atoms with Gasteiger partial charge in [-0.05, 0) is 5.56 Å². The number of hydrogen-bond acceptors (Lipinski definition) is 4. The zero-order valence-electron chi connectivity index (χ0n) is 9.76. The number of benzene rings is 1. The highest BCUT2D eigenvalue weighted by molar-refractivity contribution is 6.30. The van der Waals surface area contributed by atoms with E-state index in [0.717, 1.165) is 5.56 Å². The lowest BCUT2D eigenvalue weighted by atomic mass is 10.1. The van der Waals surface area contributed by atoms with E-state index < -0.39 is 5.38 Å². The molecule has 0 spiro atoms. The van der Waals surface area contributed by atoms with Crippen molar-refractivity contribution >= 4 is 17.5 Å². The molecule has 1 heterocycles. The molecule has 2 rings (SSSR count). The van der Waals surface area contributed by atoms with Gasteiger partial charge in [-0.1, -0.05) is 35.5 Å². The Morgan fingerprint density at radius 3 is 2.78 bits per heavy atom. The highest BCUT2D eigenvalue weighted by atomic mass is 35.5. The number of rotatable bonds is 4. The molecule has 0 aliphatic carbocycles. The number of nitrogens with zero attached hydrogens (tertiary/aromatic N) is 2. The summed E-state index contributed by atoms with van der Waals surface area (Å²) in [6.07, 6.45) is 0. The monoisotopic (exact) mass is 265 g/mol. The molecular weight excluding hydrogens is 254 g/mol. The van der Waals surface area contributed by atoms with Gasteiger partial charge in [-0.25, -0.2) is 0 Å². The molecule has 0 fully saturated rings. The van der Waals surface area contributed by atoms with Crippen molar-refractivity contribution in [3.05, 3.63) is 47.6 Å². The van der Waals surface area contributed by atoms with Crippen LogP contribution in [0.2, 0.25) is 0 Å². The molecule has 5 nitrogen and oxygen atoms in total. The van der Waals surface area contributed by atoms with Gasteiger partial charge >= 0.3 is 0 Å². The smallest absolute Gasteiger partial charge is 0.242 e. The number of hydrogen-bond donors (Lipinski definition) is 1. The van der Waals surface area contributed by atoms with Crippen molar-refractivity contribution in [3.63, 3.8) is 0 Å². The Morgan fingerprint density at radius 2 is 2.17 bits per heavy atom. The molecule has 1 atom stereocenters. The first kappa shape index (κ1) is 12.6. The van der Waals surface area contributed by atoms with E-state index in [2.05, 4.69) is 15.5 Å². The van der Waals surface area contributed by atoms with Gasteiger partial charge < -0.3 is 9.84 Å². The summed E-state index contributed by atoms with van der Waals surface area (Å²) in [7, 11) is 0. The maximum Gasteiger partial charge on any atom is 0.242 e. The molecule has 2 aromatic rings. The van der Waals surface area contributed by atoms with Gasteiger partial charge in [-0.15, -0.1) is 11.6 Å². The van der Waals surface area contributed by atoms with Crippen molar-refractivity contribution in [1.82, 2.24) is 15.5 Å². The second-order valence-corrected chi connectivity index (χ2v) is 4.16. The van der Waals surface area contributed by atoms with Crippen molar-refractivity contribution < 1.29 is 9.32 Å². The summed E-state index contributed by atoms with van der Waals surface area (Å²) in [5, 5.41) is 5.61. The molecule has 1 unspecified atom stereocenters. The number of carbonyl (C=O) groups excluding carboxylic acids is 1. The number of aryl methyl sites for hydroxylation is 1. The second kappa shape index (κ2) is 5.64. The molecule has 0 aliphatic rings. The van der Waals surface area contributed by atoms with Gasteiger partial charge in [0.1, 0.15) is 5.38 Å². The van der Waals surface area contributed by atoms with Gasteiger partial charge in [0, 0.05) is 6.92 Å². The highest BCUT2D eigenvalue weighted by Crippen LogP contribution is 2.19. The minimum atomic E-state index is -0.723. The normalized spacial score (nSPS) is 12.1.